The molecule has 1 fully saturated rings. The summed E-state index contributed by atoms with van der Waals surface area (Å²) in [4.78, 5) is 0. The van der Waals surface area contributed by atoms with Crippen molar-refractivity contribution in [2.24, 2.45) is 11.1 Å². The van der Waals surface area contributed by atoms with Crippen molar-refractivity contribution < 1.29 is 5.11 Å². The second-order valence-electron chi connectivity index (χ2n) is 5.68. The van der Waals surface area contributed by atoms with Crippen molar-refractivity contribution in [1.82, 2.24) is 5.32 Å². The highest BCUT2D eigenvalue weighted by atomic mass is 16.3. The Morgan fingerprint density at radius 1 is 1.40 bits per heavy atom. The molecule has 0 bridgehead atoms. The highest BCUT2D eigenvalue weighted by Crippen LogP contribution is 2.32. The van der Waals surface area contributed by atoms with Gasteiger partial charge < -0.3 is 16.2 Å². The van der Waals surface area contributed by atoms with Crippen LogP contribution in [0.2, 0.25) is 0 Å². The molecule has 0 amide bonds. The molecule has 90 valence electrons. The number of aliphatic hydroxyl groups is 1. The first-order valence-corrected chi connectivity index (χ1v) is 6.08. The Morgan fingerprint density at radius 3 is 2.40 bits per heavy atom. The Hall–Kier alpha value is -0.120. The summed E-state index contributed by atoms with van der Waals surface area (Å²) >= 11 is 0. The van der Waals surface area contributed by atoms with Crippen LogP contribution in [-0.4, -0.2) is 29.8 Å². The maximum absolute atomic E-state index is 10.4. The molecular formula is C12H26N2O. The molecule has 3 nitrogen and oxygen atoms in total. The van der Waals surface area contributed by atoms with Crippen molar-refractivity contribution in [3.63, 3.8) is 0 Å². The Kier molecular flexibility index (Phi) is 4.15. The lowest BCUT2D eigenvalue weighted by molar-refractivity contribution is -0.0250. The first kappa shape index (κ1) is 12.9. The van der Waals surface area contributed by atoms with Crippen LogP contribution in [0.15, 0.2) is 0 Å². The Morgan fingerprint density at radius 2 is 1.93 bits per heavy atom. The molecule has 0 aromatic rings. The predicted octanol–water partition coefficient (Wildman–Crippen LogP) is 1.25. The largest absolute Gasteiger partial charge is 0.388 e. The van der Waals surface area contributed by atoms with E-state index in [2.05, 4.69) is 26.1 Å². The van der Waals surface area contributed by atoms with E-state index in [1.54, 1.807) is 0 Å². The van der Waals surface area contributed by atoms with Crippen molar-refractivity contribution >= 4 is 0 Å². The second-order valence-corrected chi connectivity index (χ2v) is 5.68. The number of nitrogens with two attached hydrogens (primary N) is 1. The van der Waals surface area contributed by atoms with E-state index in [9.17, 15) is 5.11 Å². The van der Waals surface area contributed by atoms with E-state index in [0.29, 0.717) is 0 Å². The summed E-state index contributed by atoms with van der Waals surface area (Å²) in [6, 6.07) is -0.0884. The van der Waals surface area contributed by atoms with Gasteiger partial charge in [0, 0.05) is 6.04 Å². The van der Waals surface area contributed by atoms with Crippen LogP contribution in [0, 0.1) is 5.41 Å². The van der Waals surface area contributed by atoms with Gasteiger partial charge in [0.2, 0.25) is 0 Å². The third kappa shape index (κ3) is 3.44. The van der Waals surface area contributed by atoms with E-state index in [1.165, 1.54) is 0 Å². The van der Waals surface area contributed by atoms with Crippen LogP contribution in [0.25, 0.3) is 0 Å². The van der Waals surface area contributed by atoms with E-state index >= 15 is 0 Å². The average molecular weight is 214 g/mol. The minimum Gasteiger partial charge on any atom is -0.388 e. The van der Waals surface area contributed by atoms with Gasteiger partial charge in [0.25, 0.3) is 0 Å². The summed E-state index contributed by atoms with van der Waals surface area (Å²) in [6.45, 7) is 8.39. The van der Waals surface area contributed by atoms with E-state index in [-0.39, 0.29) is 11.5 Å². The zero-order valence-corrected chi connectivity index (χ0v) is 10.3. The first-order chi connectivity index (χ1) is 6.90. The van der Waals surface area contributed by atoms with Gasteiger partial charge in [-0.3, -0.25) is 0 Å². The van der Waals surface area contributed by atoms with E-state index < -0.39 is 5.60 Å². The fourth-order valence-electron chi connectivity index (χ4n) is 2.16. The maximum Gasteiger partial charge on any atom is 0.0822 e. The van der Waals surface area contributed by atoms with Gasteiger partial charge in [-0.25, -0.2) is 0 Å². The van der Waals surface area contributed by atoms with Crippen LogP contribution in [0.4, 0.5) is 0 Å². The van der Waals surface area contributed by atoms with Crippen LogP contribution >= 0.6 is 0 Å². The van der Waals surface area contributed by atoms with Crippen LogP contribution < -0.4 is 11.1 Å². The monoisotopic (exact) mass is 214 g/mol. The number of hydrogen-bond donors (Lipinski definition) is 3. The van der Waals surface area contributed by atoms with Crippen molar-refractivity contribution in [2.75, 3.05) is 13.1 Å². The lowest BCUT2D eigenvalue weighted by Gasteiger charge is -2.40. The summed E-state index contributed by atoms with van der Waals surface area (Å²) in [5.74, 6) is 0. The maximum atomic E-state index is 10.4. The number of hydrogen-bond acceptors (Lipinski definition) is 3. The Balaban J connectivity index is 2.54. The van der Waals surface area contributed by atoms with Gasteiger partial charge in [0.1, 0.15) is 0 Å². The summed E-state index contributed by atoms with van der Waals surface area (Å²) in [6.07, 6.45) is 3.58. The molecule has 1 saturated heterocycles. The van der Waals surface area contributed by atoms with Gasteiger partial charge >= 0.3 is 0 Å². The van der Waals surface area contributed by atoms with Gasteiger partial charge in [-0.1, -0.05) is 27.2 Å². The van der Waals surface area contributed by atoms with Crippen molar-refractivity contribution in [1.29, 1.82) is 0 Å². The summed E-state index contributed by atoms with van der Waals surface area (Å²) in [5.41, 5.74) is 5.76. The first-order valence-electron chi connectivity index (χ1n) is 6.08. The van der Waals surface area contributed by atoms with Crippen molar-refractivity contribution in [3.05, 3.63) is 0 Å². The molecule has 0 aromatic heterocycles. The standard InChI is InChI=1S/C12H26N2O/c1-4-11(2,3)9-10(13)12(15)5-7-14-8-6-12/h10,14-15H,4-9,13H2,1-3H3. The lowest BCUT2D eigenvalue weighted by Crippen LogP contribution is -2.55. The second kappa shape index (κ2) is 4.81. The molecule has 1 heterocycles. The van der Waals surface area contributed by atoms with Crippen LogP contribution in [-0.2, 0) is 0 Å². The lowest BCUT2D eigenvalue weighted by atomic mass is 9.75. The van der Waals surface area contributed by atoms with Crippen molar-refractivity contribution in [3.8, 4) is 0 Å². The zero-order chi connectivity index (χ0) is 11.5. The fraction of sp³-hybridized carbons (Fsp3) is 1.00. The smallest absolute Gasteiger partial charge is 0.0822 e. The Labute approximate surface area is 93.4 Å². The molecular weight excluding hydrogens is 188 g/mol. The molecule has 1 unspecified atom stereocenters. The normalized spacial score (nSPS) is 23.8. The number of rotatable bonds is 4. The van der Waals surface area contributed by atoms with Gasteiger partial charge in [0.05, 0.1) is 5.60 Å². The van der Waals surface area contributed by atoms with Crippen LogP contribution in [0.5, 0.6) is 0 Å². The third-order valence-corrected chi connectivity index (χ3v) is 3.89. The molecule has 1 atom stereocenters. The van der Waals surface area contributed by atoms with Crippen molar-refractivity contribution in [2.45, 2.75) is 58.1 Å². The predicted molar refractivity (Wildman–Crippen MR) is 63.7 cm³/mol. The minimum atomic E-state index is -0.641. The SMILES string of the molecule is CCC(C)(C)CC(N)C1(O)CCNCC1. The topological polar surface area (TPSA) is 58.3 Å². The number of nitrogens with one attached hydrogen (secondary N) is 1. The molecule has 4 N–H and O–H groups in total. The zero-order valence-electron chi connectivity index (χ0n) is 10.3. The molecule has 0 aliphatic carbocycles. The van der Waals surface area contributed by atoms with E-state index in [4.69, 9.17) is 5.73 Å². The minimum absolute atomic E-state index is 0.0884. The van der Waals surface area contributed by atoms with E-state index in [1.807, 2.05) is 0 Å². The molecule has 0 spiro atoms. The molecule has 15 heavy (non-hydrogen) atoms. The van der Waals surface area contributed by atoms with Crippen LogP contribution in [0.1, 0.15) is 46.5 Å². The quantitative estimate of drug-likeness (QED) is 0.660. The molecule has 0 saturated carbocycles. The molecule has 0 radical (unpaired) electrons. The van der Waals surface area contributed by atoms with Gasteiger partial charge in [-0.2, -0.15) is 0 Å². The molecule has 1 aliphatic heterocycles. The third-order valence-electron chi connectivity index (χ3n) is 3.89. The summed E-state index contributed by atoms with van der Waals surface area (Å²) < 4.78 is 0. The van der Waals surface area contributed by atoms with Gasteiger partial charge in [0.15, 0.2) is 0 Å². The van der Waals surface area contributed by atoms with Gasteiger partial charge in [-0.05, 0) is 37.8 Å². The molecule has 1 rings (SSSR count). The summed E-state index contributed by atoms with van der Waals surface area (Å²) in [7, 11) is 0. The average Bonchev–Trinajstić information content (AvgIpc) is 2.18. The molecule has 1 aliphatic rings. The fourth-order valence-corrected chi connectivity index (χ4v) is 2.16. The van der Waals surface area contributed by atoms with E-state index in [0.717, 1.165) is 38.8 Å². The highest BCUT2D eigenvalue weighted by Gasteiger charge is 2.37. The Bertz CT molecular complexity index is 198. The summed E-state index contributed by atoms with van der Waals surface area (Å²) in [5, 5.41) is 13.7. The number of piperidine rings is 1. The molecule has 3 heteroatoms. The highest BCUT2D eigenvalue weighted by molar-refractivity contribution is 4.95. The molecule has 0 aromatic carbocycles. The van der Waals surface area contributed by atoms with Crippen LogP contribution in [0.3, 0.4) is 0 Å². The van der Waals surface area contributed by atoms with Gasteiger partial charge in [-0.15, -0.1) is 0 Å².